The van der Waals surface area contributed by atoms with Crippen LogP contribution < -0.4 is 0 Å². The van der Waals surface area contributed by atoms with E-state index >= 15 is 0 Å². The molecule has 1 heteroatoms. The Morgan fingerprint density at radius 3 is 2.73 bits per heavy atom. The van der Waals surface area contributed by atoms with Crippen molar-refractivity contribution in [2.45, 2.75) is 20.3 Å². The summed E-state index contributed by atoms with van der Waals surface area (Å²) in [5.74, 6) is 0. The molecule has 0 atom stereocenters. The van der Waals surface area contributed by atoms with Gasteiger partial charge in [-0.1, -0.05) is 0 Å². The summed E-state index contributed by atoms with van der Waals surface area (Å²) in [6.07, 6.45) is 1.03. The molecule has 57 valence electrons. The Hall–Kier alpha value is -0.326. The van der Waals surface area contributed by atoms with E-state index in [-0.39, 0.29) is 0 Å². The third-order valence-corrected chi connectivity index (χ3v) is 1.73. The van der Waals surface area contributed by atoms with Gasteiger partial charge in [0.2, 0.25) is 0 Å². The zero-order valence-electron chi connectivity index (χ0n) is 6.89. The first-order valence-corrected chi connectivity index (χ1v) is 4.37. The Labute approximate surface area is 77.1 Å². The molecule has 0 aliphatic heterocycles. The van der Waals surface area contributed by atoms with Gasteiger partial charge < -0.3 is 0 Å². The number of hydrogen-bond donors (Lipinski definition) is 0. The quantitative estimate of drug-likeness (QED) is 0.614. The van der Waals surface area contributed by atoms with Gasteiger partial charge >= 0.3 is 76.9 Å². The van der Waals surface area contributed by atoms with Crippen molar-refractivity contribution in [3.05, 3.63) is 35.4 Å². The second kappa shape index (κ2) is 3.89. The summed E-state index contributed by atoms with van der Waals surface area (Å²) >= 11 is 2.57. The van der Waals surface area contributed by atoms with E-state index < -0.39 is 0 Å². The Balaban J connectivity index is 2.74. The summed E-state index contributed by atoms with van der Waals surface area (Å²) in [5, 5.41) is 0. The van der Waals surface area contributed by atoms with Crippen molar-refractivity contribution in [1.29, 1.82) is 0 Å². The summed E-state index contributed by atoms with van der Waals surface area (Å²) in [5.41, 5.74) is 2.55. The van der Waals surface area contributed by atoms with Gasteiger partial charge in [-0.15, -0.1) is 0 Å². The Morgan fingerprint density at radius 1 is 1.55 bits per heavy atom. The van der Waals surface area contributed by atoms with Crippen LogP contribution >= 0.6 is 0 Å². The zero-order valence-corrected chi connectivity index (χ0v) is 8.28. The summed E-state index contributed by atoms with van der Waals surface area (Å²) in [6, 6.07) is 9.53. The van der Waals surface area contributed by atoms with E-state index in [9.17, 15) is 0 Å². The fourth-order valence-electron chi connectivity index (χ4n) is 0.920. The topological polar surface area (TPSA) is 0 Å². The van der Waals surface area contributed by atoms with Gasteiger partial charge in [-0.25, -0.2) is 0 Å². The third kappa shape index (κ3) is 3.05. The van der Waals surface area contributed by atoms with Gasteiger partial charge in [-0.3, -0.25) is 0 Å². The van der Waals surface area contributed by atoms with Gasteiger partial charge in [0.05, 0.1) is 0 Å². The summed E-state index contributed by atoms with van der Waals surface area (Å²) < 4.78 is 1.37. The molecule has 1 aromatic rings. The molecule has 0 aliphatic carbocycles. The fraction of sp³-hybridized carbons (Fsp3) is 0.300. The normalized spacial score (nSPS) is 9.55. The van der Waals surface area contributed by atoms with Gasteiger partial charge in [0.25, 0.3) is 0 Å². The van der Waals surface area contributed by atoms with Crippen molar-refractivity contribution in [1.82, 2.24) is 0 Å². The van der Waals surface area contributed by atoms with Gasteiger partial charge in [0.15, 0.2) is 0 Å². The fourth-order valence-corrected chi connectivity index (χ4v) is 1.19. The number of benzene rings is 1. The molecule has 0 heterocycles. The molecule has 0 amide bonds. The second-order valence-electron chi connectivity index (χ2n) is 2.80. The van der Waals surface area contributed by atoms with E-state index in [4.69, 9.17) is 0 Å². The Bertz CT molecular complexity index is 246. The molecule has 0 bridgehead atoms. The minimum atomic E-state index is 1.03. The van der Waals surface area contributed by atoms with Crippen LogP contribution in [0.2, 0.25) is 0 Å². The molecule has 0 spiro atoms. The van der Waals surface area contributed by atoms with Gasteiger partial charge in [0.1, 0.15) is 0 Å². The number of rotatable bonds is 2. The Kier molecular flexibility index (Phi) is 3.10. The summed E-state index contributed by atoms with van der Waals surface area (Å²) in [6.45, 7) is 4.20. The maximum absolute atomic E-state index is 3.24. The predicted octanol–water partition coefficient (Wildman–Crippen LogP) is 2.08. The third-order valence-electron chi connectivity index (χ3n) is 1.48. The van der Waals surface area contributed by atoms with Crippen molar-refractivity contribution in [3.63, 3.8) is 0 Å². The molecule has 0 fully saturated rings. The van der Waals surface area contributed by atoms with Crippen molar-refractivity contribution in [2.24, 2.45) is 0 Å². The molecule has 1 rings (SSSR count). The zero-order chi connectivity index (χ0) is 8.27. The second-order valence-corrected chi connectivity index (χ2v) is 4.00. The van der Waals surface area contributed by atoms with Crippen LogP contribution in [0.25, 0.3) is 0 Å². The van der Waals surface area contributed by atoms with Crippen LogP contribution in [0.1, 0.15) is 18.1 Å². The van der Waals surface area contributed by atoms with Gasteiger partial charge in [-0.05, 0) is 0 Å². The van der Waals surface area contributed by atoms with Crippen LogP contribution in [0.15, 0.2) is 18.2 Å². The van der Waals surface area contributed by atoms with Gasteiger partial charge in [-0.2, -0.15) is 0 Å². The average molecular weight is 182 g/mol. The van der Waals surface area contributed by atoms with E-state index in [0.29, 0.717) is 0 Å². The molecule has 0 aromatic heterocycles. The molecule has 0 saturated carbocycles. The van der Waals surface area contributed by atoms with Crippen LogP contribution in [0.3, 0.4) is 0 Å². The molecule has 0 aliphatic rings. The summed E-state index contributed by atoms with van der Waals surface area (Å²) in [4.78, 5) is 0. The first-order valence-electron chi connectivity index (χ1n) is 3.67. The SMILES string of the molecule is C[C](=[V])Cc1[c-]cc(C)cc1. The van der Waals surface area contributed by atoms with Gasteiger partial charge in [0, 0.05) is 0 Å². The molecule has 11 heavy (non-hydrogen) atoms. The van der Waals surface area contributed by atoms with Crippen LogP contribution in [0, 0.1) is 13.0 Å². The first kappa shape index (κ1) is 8.77. The van der Waals surface area contributed by atoms with Crippen molar-refractivity contribution in [2.75, 3.05) is 0 Å². The van der Waals surface area contributed by atoms with Crippen LogP contribution in [0.4, 0.5) is 0 Å². The molecule has 0 N–H and O–H groups in total. The number of aryl methyl sites for hydroxylation is 1. The van der Waals surface area contributed by atoms with E-state index in [1.807, 2.05) is 6.07 Å². The van der Waals surface area contributed by atoms with E-state index in [1.165, 1.54) is 15.4 Å². The molecule has 1 aromatic carbocycles. The molecule has 0 saturated heterocycles. The van der Waals surface area contributed by atoms with Crippen molar-refractivity contribution in [3.8, 4) is 0 Å². The predicted molar refractivity (Wildman–Crippen MR) is 44.4 cm³/mol. The minimum absolute atomic E-state index is 1.03. The van der Waals surface area contributed by atoms with Crippen LogP contribution in [0.5, 0.6) is 0 Å². The molecular weight excluding hydrogens is 171 g/mol. The molecular formula is C10H11V-. The van der Waals surface area contributed by atoms with E-state index in [1.54, 1.807) is 0 Å². The first-order chi connectivity index (χ1) is 5.18. The van der Waals surface area contributed by atoms with Crippen LogP contribution in [-0.4, -0.2) is 4.23 Å². The molecule has 0 unspecified atom stereocenters. The molecule has 0 nitrogen and oxygen atoms in total. The van der Waals surface area contributed by atoms with E-state index in [0.717, 1.165) is 6.42 Å². The van der Waals surface area contributed by atoms with Crippen molar-refractivity contribution >= 4 is 4.23 Å². The summed E-state index contributed by atoms with van der Waals surface area (Å²) in [7, 11) is 0. The monoisotopic (exact) mass is 182 g/mol. The standard InChI is InChI=1S/C10H11.V/c1-3-4-10-7-5-9(2)6-8-10;/h5-7H,4H2,1-2H3;/q-1;. The van der Waals surface area contributed by atoms with E-state index in [2.05, 4.69) is 49.0 Å². The number of hydrogen-bond acceptors (Lipinski definition) is 0. The maximum atomic E-state index is 3.24. The average Bonchev–Trinajstić information content (AvgIpc) is 1.93. The molecule has 0 radical (unpaired) electrons. The Morgan fingerprint density at radius 2 is 2.27 bits per heavy atom. The van der Waals surface area contributed by atoms with Crippen LogP contribution in [-0.2, 0) is 23.4 Å². The van der Waals surface area contributed by atoms with Crippen molar-refractivity contribution < 1.29 is 17.0 Å².